The number of nitrogens with zero attached hydrogens (tertiary/aromatic N) is 3. The molecule has 0 N–H and O–H groups in total. The number of amides is 1. The predicted molar refractivity (Wildman–Crippen MR) is 118 cm³/mol. The molecule has 2 aromatic carbocycles. The first kappa shape index (κ1) is 21.8. The minimum absolute atomic E-state index is 0.124. The molecule has 0 aliphatic carbocycles. The molecule has 1 fully saturated rings. The number of hydrogen-bond acceptors (Lipinski definition) is 7. The Bertz CT molecular complexity index is 1210. The number of aromatic nitrogens is 1. The van der Waals surface area contributed by atoms with Crippen LogP contribution < -0.4 is 4.90 Å². The second-order valence-corrected chi connectivity index (χ2v) is 10.3. The number of carbonyl (C=O) groups is 1. The Kier molecular flexibility index (Phi) is 6.33. The number of thiazole rings is 1. The molecule has 2 heterocycles. The molecule has 1 saturated heterocycles. The molecule has 0 bridgehead atoms. The Morgan fingerprint density at radius 2 is 1.97 bits per heavy atom. The van der Waals surface area contributed by atoms with Crippen LogP contribution in [0.15, 0.2) is 47.4 Å². The number of morpholine rings is 1. The van der Waals surface area contributed by atoms with Gasteiger partial charge in [-0.15, -0.1) is 0 Å². The monoisotopic (exact) mass is 463 g/mol. The maximum atomic E-state index is 13.7. The largest absolute Gasteiger partial charge is 0.379 e. The fraction of sp³-hybridized carbons (Fsp3) is 0.333. The molecule has 0 atom stereocenters. The summed E-state index contributed by atoms with van der Waals surface area (Å²) in [6, 6.07) is 10.5. The fourth-order valence-corrected chi connectivity index (χ4v) is 5.37. The van der Waals surface area contributed by atoms with Gasteiger partial charge in [-0.3, -0.25) is 14.6 Å². The van der Waals surface area contributed by atoms with Crippen molar-refractivity contribution in [2.75, 3.05) is 50.5 Å². The van der Waals surface area contributed by atoms with E-state index in [0.717, 1.165) is 19.3 Å². The summed E-state index contributed by atoms with van der Waals surface area (Å²) in [6.07, 6.45) is 1.13. The van der Waals surface area contributed by atoms with Gasteiger partial charge in [-0.1, -0.05) is 23.5 Å². The molecule has 1 amide bonds. The van der Waals surface area contributed by atoms with Crippen LogP contribution in [0.1, 0.15) is 10.4 Å². The second kappa shape index (κ2) is 8.99. The van der Waals surface area contributed by atoms with E-state index >= 15 is 0 Å². The average molecular weight is 464 g/mol. The molecule has 0 saturated carbocycles. The number of anilines is 1. The van der Waals surface area contributed by atoms with Crippen molar-refractivity contribution in [3.8, 4) is 0 Å². The molecule has 0 spiro atoms. The standard InChI is InChI=1S/C21H22FN3O4S2/c1-31(27,28)18-7-3-6-17-19(18)23-21(30-17)25(9-8-24-10-12-29-13-11-24)20(26)15-4-2-5-16(22)14-15/h2-7,14H,8-13H2,1H3. The molecule has 1 aromatic heterocycles. The topological polar surface area (TPSA) is 79.8 Å². The summed E-state index contributed by atoms with van der Waals surface area (Å²) in [5, 5.41) is 0.383. The number of ether oxygens (including phenoxy) is 1. The summed E-state index contributed by atoms with van der Waals surface area (Å²) in [6.45, 7) is 3.73. The SMILES string of the molecule is CS(=O)(=O)c1cccc2sc(N(CCN3CCOCC3)C(=O)c3cccc(F)c3)nc12. The van der Waals surface area contributed by atoms with E-state index in [2.05, 4.69) is 9.88 Å². The number of fused-ring (bicyclic) bond motifs is 1. The van der Waals surface area contributed by atoms with Crippen LogP contribution in [0, 0.1) is 5.82 Å². The summed E-state index contributed by atoms with van der Waals surface area (Å²) < 4.78 is 44.1. The van der Waals surface area contributed by atoms with Gasteiger partial charge in [-0.25, -0.2) is 17.8 Å². The summed E-state index contributed by atoms with van der Waals surface area (Å²) in [4.78, 5) is 21.6. The van der Waals surface area contributed by atoms with E-state index in [1.807, 2.05) is 0 Å². The van der Waals surface area contributed by atoms with Gasteiger partial charge in [0.25, 0.3) is 5.91 Å². The Balaban J connectivity index is 1.71. The zero-order valence-electron chi connectivity index (χ0n) is 17.0. The second-order valence-electron chi connectivity index (χ2n) is 7.29. The molecular weight excluding hydrogens is 441 g/mol. The van der Waals surface area contributed by atoms with Gasteiger partial charge >= 0.3 is 0 Å². The van der Waals surface area contributed by atoms with Crippen molar-refractivity contribution in [2.45, 2.75) is 4.90 Å². The van der Waals surface area contributed by atoms with Crippen molar-refractivity contribution < 1.29 is 22.3 Å². The summed E-state index contributed by atoms with van der Waals surface area (Å²) in [5.41, 5.74) is 0.554. The predicted octanol–water partition coefficient (Wildman–Crippen LogP) is 2.82. The molecule has 31 heavy (non-hydrogen) atoms. The highest BCUT2D eigenvalue weighted by atomic mass is 32.2. The van der Waals surface area contributed by atoms with E-state index in [9.17, 15) is 17.6 Å². The van der Waals surface area contributed by atoms with Crippen LogP contribution >= 0.6 is 11.3 Å². The Hall–Kier alpha value is -2.40. The number of sulfone groups is 1. The van der Waals surface area contributed by atoms with Crippen molar-refractivity contribution in [1.29, 1.82) is 0 Å². The fourth-order valence-electron chi connectivity index (χ4n) is 3.45. The van der Waals surface area contributed by atoms with E-state index < -0.39 is 15.7 Å². The highest BCUT2D eigenvalue weighted by molar-refractivity contribution is 7.91. The minimum Gasteiger partial charge on any atom is -0.379 e. The van der Waals surface area contributed by atoms with Gasteiger partial charge in [-0.05, 0) is 30.3 Å². The van der Waals surface area contributed by atoms with E-state index in [-0.39, 0.29) is 16.4 Å². The van der Waals surface area contributed by atoms with Crippen molar-refractivity contribution in [3.05, 3.63) is 53.8 Å². The van der Waals surface area contributed by atoms with E-state index in [4.69, 9.17) is 4.74 Å². The minimum atomic E-state index is -3.48. The number of para-hydroxylation sites is 1. The molecule has 164 valence electrons. The smallest absolute Gasteiger partial charge is 0.260 e. The number of rotatable bonds is 6. The van der Waals surface area contributed by atoms with Crippen LogP contribution in [0.25, 0.3) is 10.2 Å². The Morgan fingerprint density at radius 1 is 1.23 bits per heavy atom. The number of carbonyl (C=O) groups excluding carboxylic acids is 1. The lowest BCUT2D eigenvalue weighted by atomic mass is 10.2. The molecule has 0 radical (unpaired) electrons. The van der Waals surface area contributed by atoms with Crippen LogP contribution in [-0.4, -0.2) is 69.9 Å². The third-order valence-electron chi connectivity index (χ3n) is 5.06. The molecule has 10 heteroatoms. The number of hydrogen-bond donors (Lipinski definition) is 0. The van der Waals surface area contributed by atoms with Gasteiger partial charge < -0.3 is 4.74 Å². The first-order valence-corrected chi connectivity index (χ1v) is 12.5. The Labute approximate surface area is 184 Å². The zero-order valence-corrected chi connectivity index (χ0v) is 18.6. The van der Waals surface area contributed by atoms with Gasteiger partial charge in [0.2, 0.25) is 0 Å². The summed E-state index contributed by atoms with van der Waals surface area (Å²) in [7, 11) is -3.48. The van der Waals surface area contributed by atoms with E-state index in [0.29, 0.717) is 41.7 Å². The van der Waals surface area contributed by atoms with Gasteiger partial charge in [-0.2, -0.15) is 0 Å². The van der Waals surface area contributed by atoms with Gasteiger partial charge in [0.15, 0.2) is 15.0 Å². The number of benzene rings is 2. The third-order valence-corrected chi connectivity index (χ3v) is 7.23. The van der Waals surface area contributed by atoms with Crippen LogP contribution in [0.3, 0.4) is 0 Å². The van der Waals surface area contributed by atoms with Gasteiger partial charge in [0.1, 0.15) is 11.3 Å². The maximum Gasteiger partial charge on any atom is 0.260 e. The molecular formula is C21H22FN3O4S2. The van der Waals surface area contributed by atoms with Crippen LogP contribution in [-0.2, 0) is 14.6 Å². The highest BCUT2D eigenvalue weighted by Crippen LogP contribution is 2.33. The molecule has 4 rings (SSSR count). The lowest BCUT2D eigenvalue weighted by Gasteiger charge is -2.29. The van der Waals surface area contributed by atoms with Crippen LogP contribution in [0.5, 0.6) is 0 Å². The average Bonchev–Trinajstić information content (AvgIpc) is 3.17. The van der Waals surface area contributed by atoms with Gasteiger partial charge in [0, 0.05) is 38.0 Å². The molecule has 1 aliphatic rings. The van der Waals surface area contributed by atoms with Crippen LogP contribution in [0.4, 0.5) is 9.52 Å². The zero-order chi connectivity index (χ0) is 22.0. The number of halogens is 1. The van der Waals surface area contributed by atoms with Gasteiger partial charge in [0.05, 0.1) is 22.8 Å². The van der Waals surface area contributed by atoms with Crippen molar-refractivity contribution in [2.24, 2.45) is 0 Å². The quantitative estimate of drug-likeness (QED) is 0.559. The summed E-state index contributed by atoms with van der Waals surface area (Å²) in [5.74, 6) is -0.879. The maximum absolute atomic E-state index is 13.7. The highest BCUT2D eigenvalue weighted by Gasteiger charge is 2.25. The first-order chi connectivity index (χ1) is 14.8. The molecule has 1 aliphatic heterocycles. The molecule has 7 nitrogen and oxygen atoms in total. The summed E-state index contributed by atoms with van der Waals surface area (Å²) >= 11 is 1.24. The van der Waals surface area contributed by atoms with Crippen molar-refractivity contribution in [1.82, 2.24) is 9.88 Å². The van der Waals surface area contributed by atoms with E-state index in [1.54, 1.807) is 18.2 Å². The Morgan fingerprint density at radius 3 is 2.68 bits per heavy atom. The van der Waals surface area contributed by atoms with Crippen molar-refractivity contribution >= 4 is 42.4 Å². The van der Waals surface area contributed by atoms with Crippen molar-refractivity contribution in [3.63, 3.8) is 0 Å². The molecule has 3 aromatic rings. The normalized spacial score (nSPS) is 15.3. The lowest BCUT2D eigenvalue weighted by Crippen LogP contribution is -2.43. The van der Waals surface area contributed by atoms with E-state index in [1.165, 1.54) is 40.5 Å². The lowest BCUT2D eigenvalue weighted by molar-refractivity contribution is 0.0391. The van der Waals surface area contributed by atoms with Crippen LogP contribution in [0.2, 0.25) is 0 Å². The molecule has 0 unspecified atom stereocenters. The first-order valence-electron chi connectivity index (χ1n) is 9.80. The third kappa shape index (κ3) is 4.93.